The van der Waals surface area contributed by atoms with E-state index in [-0.39, 0.29) is 17.4 Å². The van der Waals surface area contributed by atoms with E-state index in [2.05, 4.69) is 5.16 Å². The molecule has 3 rings (SSSR count). The Labute approximate surface area is 92.5 Å². The van der Waals surface area contributed by atoms with Crippen LogP contribution in [0.5, 0.6) is 5.75 Å². The van der Waals surface area contributed by atoms with Crippen molar-refractivity contribution in [1.82, 2.24) is 0 Å². The maximum absolute atomic E-state index is 11.9. The third-order valence-electron chi connectivity index (χ3n) is 3.27. The normalized spacial score (nSPS) is 25.1. The van der Waals surface area contributed by atoms with Gasteiger partial charge in [0, 0.05) is 17.5 Å². The highest BCUT2D eigenvalue weighted by Crippen LogP contribution is 2.41. The second kappa shape index (κ2) is 3.33. The van der Waals surface area contributed by atoms with Gasteiger partial charge in [-0.3, -0.25) is 4.79 Å². The monoisotopic (exact) mass is 217 g/mol. The zero-order valence-electron chi connectivity index (χ0n) is 8.64. The number of hydrogen-bond donors (Lipinski definition) is 1. The van der Waals surface area contributed by atoms with Gasteiger partial charge in [-0.05, 0) is 18.4 Å². The highest BCUT2D eigenvalue weighted by molar-refractivity contribution is 6.47. The second-order valence-corrected chi connectivity index (χ2v) is 4.13. The Bertz CT molecular complexity index is 493. The van der Waals surface area contributed by atoms with Gasteiger partial charge in [0.1, 0.15) is 11.5 Å². The van der Waals surface area contributed by atoms with Gasteiger partial charge in [-0.15, -0.1) is 0 Å². The molecule has 82 valence electrons. The molecule has 16 heavy (non-hydrogen) atoms. The molecular formula is C12H11NO3. The van der Waals surface area contributed by atoms with Gasteiger partial charge in [-0.1, -0.05) is 17.3 Å². The van der Waals surface area contributed by atoms with Crippen molar-refractivity contribution in [2.75, 3.05) is 6.61 Å². The molecular weight excluding hydrogens is 206 g/mol. The summed E-state index contributed by atoms with van der Waals surface area (Å²) >= 11 is 0. The fourth-order valence-corrected chi connectivity index (χ4v) is 2.52. The number of hydrogen-bond acceptors (Lipinski definition) is 4. The maximum Gasteiger partial charge on any atom is 0.211 e. The van der Waals surface area contributed by atoms with Gasteiger partial charge in [0.25, 0.3) is 0 Å². The molecule has 1 aliphatic heterocycles. The van der Waals surface area contributed by atoms with Crippen molar-refractivity contribution >= 4 is 11.5 Å². The number of rotatable bonds is 0. The van der Waals surface area contributed by atoms with Crippen LogP contribution in [0.25, 0.3) is 0 Å². The molecule has 0 bridgehead atoms. The summed E-state index contributed by atoms with van der Waals surface area (Å²) in [7, 11) is 0. The fourth-order valence-electron chi connectivity index (χ4n) is 2.52. The molecule has 0 aromatic heterocycles. The summed E-state index contributed by atoms with van der Waals surface area (Å²) in [6, 6.07) is 5.46. The first-order chi connectivity index (χ1) is 7.81. The van der Waals surface area contributed by atoms with Gasteiger partial charge in [0.2, 0.25) is 5.78 Å². The zero-order valence-corrected chi connectivity index (χ0v) is 8.64. The molecule has 0 radical (unpaired) electrons. The van der Waals surface area contributed by atoms with Crippen LogP contribution < -0.4 is 4.74 Å². The van der Waals surface area contributed by atoms with E-state index in [0.717, 1.165) is 17.7 Å². The lowest BCUT2D eigenvalue weighted by Gasteiger charge is -2.31. The largest absolute Gasteiger partial charge is 0.493 e. The molecule has 1 aromatic rings. The Morgan fingerprint density at radius 3 is 3.12 bits per heavy atom. The van der Waals surface area contributed by atoms with Crippen LogP contribution in [0, 0.1) is 0 Å². The quantitative estimate of drug-likeness (QED) is 0.534. The number of nitrogens with zero attached hydrogens (tertiary/aromatic N) is 1. The molecule has 1 unspecified atom stereocenters. The smallest absolute Gasteiger partial charge is 0.211 e. The average molecular weight is 217 g/mol. The van der Waals surface area contributed by atoms with Crippen LogP contribution in [-0.4, -0.2) is 23.3 Å². The molecule has 0 saturated heterocycles. The number of benzene rings is 1. The zero-order chi connectivity index (χ0) is 11.1. The van der Waals surface area contributed by atoms with Crippen LogP contribution in [0.2, 0.25) is 0 Å². The summed E-state index contributed by atoms with van der Waals surface area (Å²) in [4.78, 5) is 11.9. The van der Waals surface area contributed by atoms with E-state index in [1.54, 1.807) is 12.1 Å². The third-order valence-corrected chi connectivity index (χ3v) is 3.27. The van der Waals surface area contributed by atoms with Crippen molar-refractivity contribution in [2.24, 2.45) is 5.16 Å². The molecule has 0 spiro atoms. The van der Waals surface area contributed by atoms with Gasteiger partial charge in [-0.2, -0.15) is 0 Å². The Balaban J connectivity index is 2.23. The van der Waals surface area contributed by atoms with Crippen molar-refractivity contribution in [1.29, 1.82) is 0 Å². The molecule has 2 aliphatic rings. The van der Waals surface area contributed by atoms with Gasteiger partial charge >= 0.3 is 0 Å². The van der Waals surface area contributed by atoms with E-state index in [1.165, 1.54) is 0 Å². The van der Waals surface area contributed by atoms with Crippen LogP contribution in [0.15, 0.2) is 23.4 Å². The number of carbonyl (C=O) groups is 1. The topological polar surface area (TPSA) is 58.9 Å². The van der Waals surface area contributed by atoms with E-state index in [0.29, 0.717) is 18.6 Å². The lowest BCUT2D eigenvalue weighted by molar-refractivity contribution is 0.104. The highest BCUT2D eigenvalue weighted by Gasteiger charge is 2.35. The van der Waals surface area contributed by atoms with Gasteiger partial charge < -0.3 is 9.94 Å². The van der Waals surface area contributed by atoms with E-state index >= 15 is 0 Å². The van der Waals surface area contributed by atoms with Crippen LogP contribution in [0.3, 0.4) is 0 Å². The van der Waals surface area contributed by atoms with Crippen LogP contribution in [0.1, 0.15) is 34.7 Å². The standard InChI is InChI=1S/C12H11NO3/c14-12-8-2-1-3-10-11(8)7(4-5-16-10)6-9(12)13-15/h1-3,7,15H,4-6H2/b13-9+. The van der Waals surface area contributed by atoms with Gasteiger partial charge in [-0.25, -0.2) is 0 Å². The van der Waals surface area contributed by atoms with Crippen molar-refractivity contribution in [3.63, 3.8) is 0 Å². The highest BCUT2D eigenvalue weighted by atomic mass is 16.5. The Hall–Kier alpha value is -1.84. The average Bonchev–Trinajstić information content (AvgIpc) is 2.33. The van der Waals surface area contributed by atoms with Crippen molar-refractivity contribution in [3.05, 3.63) is 29.3 Å². The molecule has 1 heterocycles. The summed E-state index contributed by atoms with van der Waals surface area (Å²) < 4.78 is 5.53. The van der Waals surface area contributed by atoms with Crippen molar-refractivity contribution in [2.45, 2.75) is 18.8 Å². The predicted molar refractivity (Wildman–Crippen MR) is 57.5 cm³/mol. The second-order valence-electron chi connectivity index (χ2n) is 4.13. The number of Topliss-reactive ketones (excluding diaryl/α,β-unsaturated/α-hetero) is 1. The SMILES string of the molecule is O=C1/C(=N/O)CC2CCOc3cccc1c32. The van der Waals surface area contributed by atoms with E-state index in [1.807, 2.05) is 6.07 Å². The molecule has 0 amide bonds. The van der Waals surface area contributed by atoms with Gasteiger partial charge in [0.05, 0.1) is 6.61 Å². The fraction of sp³-hybridized carbons (Fsp3) is 0.333. The van der Waals surface area contributed by atoms with E-state index < -0.39 is 0 Å². The summed E-state index contributed by atoms with van der Waals surface area (Å²) in [6.45, 7) is 0.661. The maximum atomic E-state index is 11.9. The van der Waals surface area contributed by atoms with Gasteiger partial charge in [0.15, 0.2) is 0 Å². The first-order valence-corrected chi connectivity index (χ1v) is 5.32. The Morgan fingerprint density at radius 1 is 1.44 bits per heavy atom. The first kappa shape index (κ1) is 9.39. The Morgan fingerprint density at radius 2 is 2.31 bits per heavy atom. The first-order valence-electron chi connectivity index (χ1n) is 5.32. The lowest BCUT2D eigenvalue weighted by atomic mass is 9.78. The molecule has 0 fully saturated rings. The van der Waals surface area contributed by atoms with Crippen LogP contribution in [0.4, 0.5) is 0 Å². The molecule has 1 N–H and O–H groups in total. The molecule has 1 aliphatic carbocycles. The summed E-state index contributed by atoms with van der Waals surface area (Å²) in [6.07, 6.45) is 1.39. The summed E-state index contributed by atoms with van der Waals surface area (Å²) in [5.74, 6) is 0.878. The van der Waals surface area contributed by atoms with E-state index in [9.17, 15) is 4.79 Å². The number of ether oxygens (including phenoxy) is 1. The number of carbonyl (C=O) groups excluding carboxylic acids is 1. The number of ketones is 1. The van der Waals surface area contributed by atoms with Crippen LogP contribution in [-0.2, 0) is 0 Å². The number of oxime groups is 1. The van der Waals surface area contributed by atoms with Crippen LogP contribution >= 0.6 is 0 Å². The minimum Gasteiger partial charge on any atom is -0.493 e. The predicted octanol–water partition coefficient (Wildman–Crippen LogP) is 1.97. The summed E-state index contributed by atoms with van der Waals surface area (Å²) in [5.41, 5.74) is 1.88. The Kier molecular flexibility index (Phi) is 1.96. The van der Waals surface area contributed by atoms with E-state index in [4.69, 9.17) is 9.94 Å². The minimum atomic E-state index is -0.180. The molecule has 4 nitrogen and oxygen atoms in total. The molecule has 4 heteroatoms. The third kappa shape index (κ3) is 1.16. The lowest BCUT2D eigenvalue weighted by Crippen LogP contribution is -2.29. The van der Waals surface area contributed by atoms with Crippen molar-refractivity contribution < 1.29 is 14.7 Å². The molecule has 1 atom stereocenters. The minimum absolute atomic E-state index is 0.180. The molecule has 0 saturated carbocycles. The summed E-state index contributed by atoms with van der Waals surface area (Å²) in [5, 5.41) is 11.9. The molecule has 1 aromatic carbocycles. The van der Waals surface area contributed by atoms with Crippen molar-refractivity contribution in [3.8, 4) is 5.75 Å².